The van der Waals surface area contributed by atoms with E-state index in [4.69, 9.17) is 9.47 Å². The number of carbonyl (C=O) groups is 2. The minimum atomic E-state index is -0.725. The SMILES string of the molecule is Cc1sc2ncn(CC(=O)NC(=O)Nc3ccc4c(c3)OCO4)c(=O)c2c1-c1ccccc1. The highest BCUT2D eigenvalue weighted by Gasteiger charge is 2.19. The van der Waals surface area contributed by atoms with Gasteiger partial charge in [0.2, 0.25) is 12.7 Å². The number of anilines is 1. The van der Waals surface area contributed by atoms with Gasteiger partial charge in [0, 0.05) is 22.2 Å². The lowest BCUT2D eigenvalue weighted by molar-refractivity contribution is -0.120. The van der Waals surface area contributed by atoms with Crippen molar-refractivity contribution in [1.82, 2.24) is 14.9 Å². The van der Waals surface area contributed by atoms with Gasteiger partial charge in [-0.1, -0.05) is 30.3 Å². The van der Waals surface area contributed by atoms with E-state index in [2.05, 4.69) is 15.6 Å². The van der Waals surface area contributed by atoms with Crippen molar-refractivity contribution in [1.29, 1.82) is 0 Å². The zero-order chi connectivity index (χ0) is 22.9. The van der Waals surface area contributed by atoms with Crippen LogP contribution in [0.3, 0.4) is 0 Å². The molecule has 0 fully saturated rings. The van der Waals surface area contributed by atoms with E-state index >= 15 is 0 Å². The highest BCUT2D eigenvalue weighted by molar-refractivity contribution is 7.19. The first-order chi connectivity index (χ1) is 16.0. The third-order valence-electron chi connectivity index (χ3n) is 5.11. The largest absolute Gasteiger partial charge is 0.454 e. The number of benzene rings is 2. The Hall–Kier alpha value is -4.18. The summed E-state index contributed by atoms with van der Waals surface area (Å²) in [4.78, 5) is 43.8. The quantitative estimate of drug-likeness (QED) is 0.480. The first-order valence-electron chi connectivity index (χ1n) is 10.0. The van der Waals surface area contributed by atoms with Crippen molar-refractivity contribution in [3.05, 3.63) is 70.1 Å². The molecule has 3 amide bonds. The van der Waals surface area contributed by atoms with Crippen LogP contribution in [-0.4, -0.2) is 28.3 Å². The minimum Gasteiger partial charge on any atom is -0.454 e. The number of imide groups is 1. The van der Waals surface area contributed by atoms with Gasteiger partial charge in [0.15, 0.2) is 11.5 Å². The first kappa shape index (κ1) is 20.7. The van der Waals surface area contributed by atoms with Gasteiger partial charge < -0.3 is 14.8 Å². The number of thiophene rings is 1. The highest BCUT2D eigenvalue weighted by atomic mass is 32.1. The Labute approximate surface area is 191 Å². The summed E-state index contributed by atoms with van der Waals surface area (Å²) >= 11 is 1.43. The fourth-order valence-electron chi connectivity index (χ4n) is 3.66. The molecule has 1 aliphatic heterocycles. The second-order valence-corrected chi connectivity index (χ2v) is 8.53. The number of amides is 3. The molecule has 2 aromatic carbocycles. The molecule has 0 unspecified atom stereocenters. The van der Waals surface area contributed by atoms with Crippen LogP contribution in [0.1, 0.15) is 4.88 Å². The molecule has 2 N–H and O–H groups in total. The summed E-state index contributed by atoms with van der Waals surface area (Å²) in [5, 5.41) is 5.25. The molecule has 0 atom stereocenters. The molecule has 0 spiro atoms. The maximum atomic E-state index is 13.2. The third kappa shape index (κ3) is 4.03. The number of fused-ring (bicyclic) bond motifs is 2. The van der Waals surface area contributed by atoms with Gasteiger partial charge in [0.05, 0.1) is 11.7 Å². The van der Waals surface area contributed by atoms with Crippen LogP contribution in [0.5, 0.6) is 11.5 Å². The minimum absolute atomic E-state index is 0.117. The lowest BCUT2D eigenvalue weighted by atomic mass is 10.0. The third-order valence-corrected chi connectivity index (χ3v) is 6.13. The average molecular weight is 462 g/mol. The molecule has 2 aromatic heterocycles. The van der Waals surface area contributed by atoms with Crippen LogP contribution in [0.2, 0.25) is 0 Å². The summed E-state index contributed by atoms with van der Waals surface area (Å²) < 4.78 is 11.7. The number of carbonyl (C=O) groups excluding carboxylic acids is 2. The molecule has 9 nitrogen and oxygen atoms in total. The van der Waals surface area contributed by atoms with E-state index in [1.54, 1.807) is 18.2 Å². The van der Waals surface area contributed by atoms with Crippen molar-refractivity contribution in [2.24, 2.45) is 0 Å². The van der Waals surface area contributed by atoms with Gasteiger partial charge in [-0.05, 0) is 24.6 Å². The standard InChI is InChI=1S/C23H18N4O5S/c1-13-19(14-5-3-2-4-6-14)20-21(33-13)24-11-27(22(20)29)10-18(28)26-23(30)25-15-7-8-16-17(9-15)32-12-31-16/h2-9,11H,10,12H2,1H3,(H2,25,26,28,30). The summed E-state index contributed by atoms with van der Waals surface area (Å²) in [5.74, 6) is 0.438. The summed E-state index contributed by atoms with van der Waals surface area (Å²) in [6.07, 6.45) is 1.32. The zero-order valence-corrected chi connectivity index (χ0v) is 18.3. The predicted molar refractivity (Wildman–Crippen MR) is 124 cm³/mol. The Morgan fingerprint density at radius 1 is 1.12 bits per heavy atom. The van der Waals surface area contributed by atoms with Crippen molar-refractivity contribution < 1.29 is 19.1 Å². The van der Waals surface area contributed by atoms with E-state index in [1.807, 2.05) is 37.3 Å². The lowest BCUT2D eigenvalue weighted by Gasteiger charge is -2.09. The molecular weight excluding hydrogens is 444 g/mol. The molecule has 1 aliphatic rings. The molecule has 0 saturated carbocycles. The van der Waals surface area contributed by atoms with Gasteiger partial charge in [-0.3, -0.25) is 19.5 Å². The van der Waals surface area contributed by atoms with Crippen molar-refractivity contribution in [3.63, 3.8) is 0 Å². The molecule has 166 valence electrons. The van der Waals surface area contributed by atoms with Gasteiger partial charge in [-0.15, -0.1) is 11.3 Å². The monoisotopic (exact) mass is 462 g/mol. The number of nitrogens with zero attached hydrogens (tertiary/aromatic N) is 2. The number of nitrogens with one attached hydrogen (secondary N) is 2. The number of ether oxygens (including phenoxy) is 2. The first-order valence-corrected chi connectivity index (χ1v) is 10.9. The van der Waals surface area contributed by atoms with Gasteiger partial charge in [0.25, 0.3) is 5.56 Å². The fraction of sp³-hybridized carbons (Fsp3) is 0.130. The van der Waals surface area contributed by atoms with Gasteiger partial charge in [-0.2, -0.15) is 0 Å². The number of urea groups is 1. The van der Waals surface area contributed by atoms with Crippen molar-refractivity contribution >= 4 is 39.2 Å². The van der Waals surface area contributed by atoms with Gasteiger partial charge in [0.1, 0.15) is 11.4 Å². The molecular formula is C23H18N4O5S. The maximum Gasteiger partial charge on any atom is 0.325 e. The van der Waals surface area contributed by atoms with Crippen molar-refractivity contribution in [2.45, 2.75) is 13.5 Å². The molecule has 33 heavy (non-hydrogen) atoms. The van der Waals surface area contributed by atoms with Crippen LogP contribution in [0, 0.1) is 6.92 Å². The van der Waals surface area contributed by atoms with Crippen LogP contribution < -0.4 is 25.7 Å². The van der Waals surface area contributed by atoms with E-state index in [1.165, 1.54) is 22.2 Å². The number of aryl methyl sites for hydroxylation is 1. The summed E-state index contributed by atoms with van der Waals surface area (Å²) in [5.41, 5.74) is 1.81. The maximum absolute atomic E-state index is 13.2. The fourth-order valence-corrected chi connectivity index (χ4v) is 4.66. The second-order valence-electron chi connectivity index (χ2n) is 7.33. The van der Waals surface area contributed by atoms with Crippen molar-refractivity contribution in [2.75, 3.05) is 12.1 Å². The molecule has 5 rings (SSSR count). The second kappa shape index (κ2) is 8.40. The van der Waals surface area contributed by atoms with Crippen LogP contribution in [-0.2, 0) is 11.3 Å². The Morgan fingerprint density at radius 3 is 2.73 bits per heavy atom. The molecule has 10 heteroatoms. The van der Waals surface area contributed by atoms with E-state index in [0.29, 0.717) is 27.4 Å². The van der Waals surface area contributed by atoms with E-state index in [-0.39, 0.29) is 18.9 Å². The zero-order valence-electron chi connectivity index (χ0n) is 17.5. The average Bonchev–Trinajstić information content (AvgIpc) is 3.39. The lowest BCUT2D eigenvalue weighted by Crippen LogP contribution is -2.38. The smallest absolute Gasteiger partial charge is 0.325 e. The predicted octanol–water partition coefficient (Wildman–Crippen LogP) is 3.51. The molecule has 0 bridgehead atoms. The van der Waals surface area contributed by atoms with Crippen LogP contribution in [0.25, 0.3) is 21.3 Å². The van der Waals surface area contributed by atoms with Crippen LogP contribution in [0.4, 0.5) is 10.5 Å². The Balaban J connectivity index is 1.33. The van der Waals surface area contributed by atoms with E-state index in [0.717, 1.165) is 16.0 Å². The van der Waals surface area contributed by atoms with Gasteiger partial charge in [-0.25, -0.2) is 9.78 Å². The number of rotatable bonds is 4. The normalized spacial score (nSPS) is 12.0. The Bertz CT molecular complexity index is 1440. The molecule has 0 aliphatic carbocycles. The van der Waals surface area contributed by atoms with E-state index in [9.17, 15) is 14.4 Å². The Kier molecular flexibility index (Phi) is 5.27. The van der Waals surface area contributed by atoms with Crippen LogP contribution in [0.15, 0.2) is 59.7 Å². The van der Waals surface area contributed by atoms with E-state index < -0.39 is 11.9 Å². The summed E-state index contributed by atoms with van der Waals surface area (Å²) in [6.45, 7) is 1.71. The molecule has 3 heterocycles. The van der Waals surface area contributed by atoms with Crippen LogP contribution >= 0.6 is 11.3 Å². The number of hydrogen-bond acceptors (Lipinski definition) is 7. The highest BCUT2D eigenvalue weighted by Crippen LogP contribution is 2.35. The van der Waals surface area contributed by atoms with Gasteiger partial charge >= 0.3 is 6.03 Å². The number of hydrogen-bond donors (Lipinski definition) is 2. The molecule has 4 aromatic rings. The number of aromatic nitrogens is 2. The summed E-state index contributed by atoms with van der Waals surface area (Å²) in [6, 6.07) is 13.7. The topological polar surface area (TPSA) is 112 Å². The summed E-state index contributed by atoms with van der Waals surface area (Å²) in [7, 11) is 0. The molecule has 0 saturated heterocycles. The van der Waals surface area contributed by atoms with Crippen molar-refractivity contribution in [3.8, 4) is 22.6 Å². The molecule has 0 radical (unpaired) electrons. The Morgan fingerprint density at radius 2 is 1.91 bits per heavy atom.